The molecule has 2 rings (SSSR count). The van der Waals surface area contributed by atoms with Gasteiger partial charge in [-0.05, 0) is 25.0 Å². The van der Waals surface area contributed by atoms with Gasteiger partial charge in [0.1, 0.15) is 5.56 Å². The Bertz CT molecular complexity index is 704. The van der Waals surface area contributed by atoms with Crippen LogP contribution in [-0.2, 0) is 10.0 Å². The highest BCUT2D eigenvalue weighted by Gasteiger charge is 2.22. The molecule has 0 atom stereocenters. The lowest BCUT2D eigenvalue weighted by Crippen LogP contribution is -2.38. The highest BCUT2D eigenvalue weighted by molar-refractivity contribution is 7.89. The van der Waals surface area contributed by atoms with Crippen LogP contribution < -0.4 is 14.8 Å². The zero-order valence-corrected chi connectivity index (χ0v) is 15.6. The summed E-state index contributed by atoms with van der Waals surface area (Å²) in [5.41, 5.74) is 0.0906. The fraction of sp³-hybridized carbons (Fsp3) is 0.533. The third-order valence-corrected chi connectivity index (χ3v) is 5.89. The number of rotatable bonds is 7. The summed E-state index contributed by atoms with van der Waals surface area (Å²) in [6.45, 7) is -0.0348. The number of methoxy groups -OCH3 is 1. The van der Waals surface area contributed by atoms with E-state index >= 15 is 0 Å². The molecule has 0 spiro atoms. The van der Waals surface area contributed by atoms with E-state index in [1.807, 2.05) is 0 Å². The second-order valence-electron chi connectivity index (χ2n) is 5.61. The van der Waals surface area contributed by atoms with E-state index in [1.54, 1.807) is 0 Å². The molecule has 0 radical (unpaired) electrons. The van der Waals surface area contributed by atoms with E-state index in [0.29, 0.717) is 0 Å². The number of ether oxygens (including phenoxy) is 1. The molecular formula is C15H20Cl2N2O4S. The van der Waals surface area contributed by atoms with E-state index in [4.69, 9.17) is 27.9 Å². The van der Waals surface area contributed by atoms with Crippen molar-refractivity contribution in [3.8, 4) is 5.75 Å². The van der Waals surface area contributed by atoms with Crippen molar-refractivity contribution in [3.05, 3.63) is 27.7 Å². The van der Waals surface area contributed by atoms with Gasteiger partial charge < -0.3 is 10.1 Å². The Morgan fingerprint density at radius 3 is 2.50 bits per heavy atom. The summed E-state index contributed by atoms with van der Waals surface area (Å²) in [6, 6.07) is 3.02. The lowest BCUT2D eigenvalue weighted by Gasteiger charge is -2.14. The molecule has 1 fully saturated rings. The molecule has 1 aliphatic carbocycles. The van der Waals surface area contributed by atoms with Gasteiger partial charge in [-0.2, -0.15) is 0 Å². The molecule has 6 nitrogen and oxygen atoms in total. The van der Waals surface area contributed by atoms with Crippen molar-refractivity contribution in [1.82, 2.24) is 10.0 Å². The molecular weight excluding hydrogens is 375 g/mol. The quantitative estimate of drug-likeness (QED) is 0.743. The lowest BCUT2D eigenvalue weighted by atomic mass is 10.2. The van der Waals surface area contributed by atoms with Crippen molar-refractivity contribution in [3.63, 3.8) is 0 Å². The van der Waals surface area contributed by atoms with Gasteiger partial charge in [-0.3, -0.25) is 4.79 Å². The Morgan fingerprint density at radius 2 is 1.88 bits per heavy atom. The van der Waals surface area contributed by atoms with Gasteiger partial charge in [0.15, 0.2) is 5.75 Å². The minimum Gasteiger partial charge on any atom is -0.494 e. The van der Waals surface area contributed by atoms with Crippen LogP contribution in [0.4, 0.5) is 0 Å². The molecule has 9 heteroatoms. The molecule has 1 saturated carbocycles. The van der Waals surface area contributed by atoms with E-state index in [9.17, 15) is 13.2 Å². The number of nitrogens with one attached hydrogen (secondary N) is 2. The van der Waals surface area contributed by atoms with Crippen LogP contribution in [-0.4, -0.2) is 39.8 Å². The van der Waals surface area contributed by atoms with E-state index in [-0.39, 0.29) is 39.7 Å². The number of amides is 1. The summed E-state index contributed by atoms with van der Waals surface area (Å²) in [7, 11) is -2.05. The summed E-state index contributed by atoms with van der Waals surface area (Å²) in [5.74, 6) is -0.570. The molecule has 1 amide bonds. The predicted octanol–water partition coefficient (Wildman–Crippen LogP) is 2.59. The lowest BCUT2D eigenvalue weighted by molar-refractivity contribution is 0.0953. The van der Waals surface area contributed by atoms with Crippen molar-refractivity contribution in [1.29, 1.82) is 0 Å². The molecule has 0 heterocycles. The molecule has 0 saturated heterocycles. The van der Waals surface area contributed by atoms with E-state index in [1.165, 1.54) is 19.2 Å². The largest absolute Gasteiger partial charge is 0.494 e. The van der Waals surface area contributed by atoms with E-state index in [2.05, 4.69) is 10.0 Å². The predicted molar refractivity (Wildman–Crippen MR) is 94.5 cm³/mol. The molecule has 1 aromatic rings. The van der Waals surface area contributed by atoms with Gasteiger partial charge >= 0.3 is 0 Å². The first-order valence-electron chi connectivity index (χ1n) is 7.64. The smallest absolute Gasteiger partial charge is 0.256 e. The molecule has 1 aliphatic rings. The number of hydrogen-bond donors (Lipinski definition) is 2. The second kappa shape index (κ2) is 8.38. The molecule has 2 N–H and O–H groups in total. The maximum absolute atomic E-state index is 12.3. The molecule has 0 unspecified atom stereocenters. The third kappa shape index (κ3) is 4.99. The fourth-order valence-electron chi connectivity index (χ4n) is 2.69. The van der Waals surface area contributed by atoms with Crippen LogP contribution in [0.3, 0.4) is 0 Å². The van der Waals surface area contributed by atoms with Crippen LogP contribution >= 0.6 is 23.2 Å². The van der Waals surface area contributed by atoms with E-state index < -0.39 is 15.9 Å². The summed E-state index contributed by atoms with van der Waals surface area (Å²) in [4.78, 5) is 12.3. The molecule has 0 bridgehead atoms. The Morgan fingerprint density at radius 1 is 1.25 bits per heavy atom. The highest BCUT2D eigenvalue weighted by atomic mass is 35.5. The van der Waals surface area contributed by atoms with Crippen LogP contribution in [0, 0.1) is 0 Å². The Kier molecular flexibility index (Phi) is 6.74. The monoisotopic (exact) mass is 394 g/mol. The van der Waals surface area contributed by atoms with Gasteiger partial charge in [-0.1, -0.05) is 36.0 Å². The molecule has 24 heavy (non-hydrogen) atoms. The van der Waals surface area contributed by atoms with Crippen LogP contribution in [0.5, 0.6) is 5.75 Å². The van der Waals surface area contributed by atoms with Crippen molar-refractivity contribution >= 4 is 39.1 Å². The van der Waals surface area contributed by atoms with Crippen LogP contribution in [0.25, 0.3) is 0 Å². The molecule has 0 aromatic heterocycles. The number of sulfonamides is 1. The minimum atomic E-state index is -3.43. The van der Waals surface area contributed by atoms with Crippen molar-refractivity contribution in [2.45, 2.75) is 31.7 Å². The van der Waals surface area contributed by atoms with E-state index in [0.717, 1.165) is 25.7 Å². The van der Waals surface area contributed by atoms with Crippen molar-refractivity contribution in [2.24, 2.45) is 0 Å². The standard InChI is InChI=1S/C15H20Cl2N2O4S/c1-23-14-12(17)7-6-11(16)13(14)15(20)18-8-9-24(21,22)19-10-4-2-3-5-10/h6-7,10,19H,2-5,8-9H2,1H3,(H,18,20). The molecule has 0 aliphatic heterocycles. The number of carbonyl (C=O) groups is 1. The Hall–Kier alpha value is -1.02. The second-order valence-corrected chi connectivity index (χ2v) is 8.30. The van der Waals surface area contributed by atoms with Gasteiger partial charge in [-0.25, -0.2) is 13.1 Å². The zero-order valence-electron chi connectivity index (χ0n) is 13.3. The number of hydrogen-bond acceptors (Lipinski definition) is 4. The molecule has 1 aromatic carbocycles. The SMILES string of the molecule is COc1c(Cl)ccc(Cl)c1C(=O)NCCS(=O)(=O)NC1CCCC1. The summed E-state index contributed by atoms with van der Waals surface area (Å²) in [5, 5.41) is 2.98. The number of carbonyl (C=O) groups excluding carboxylic acids is 1. The summed E-state index contributed by atoms with van der Waals surface area (Å²) >= 11 is 12.0. The topological polar surface area (TPSA) is 84.5 Å². The first-order chi connectivity index (χ1) is 11.3. The van der Waals surface area contributed by atoms with Crippen LogP contribution in [0.1, 0.15) is 36.0 Å². The fourth-order valence-corrected chi connectivity index (χ4v) is 4.39. The van der Waals surface area contributed by atoms with Crippen LogP contribution in [0.15, 0.2) is 12.1 Å². The first kappa shape index (κ1) is 19.3. The van der Waals surface area contributed by atoms with Gasteiger partial charge in [0, 0.05) is 12.6 Å². The first-order valence-corrected chi connectivity index (χ1v) is 10.0. The van der Waals surface area contributed by atoms with Crippen molar-refractivity contribution in [2.75, 3.05) is 19.4 Å². The van der Waals surface area contributed by atoms with Crippen LogP contribution in [0.2, 0.25) is 10.0 Å². The van der Waals surface area contributed by atoms with Gasteiger partial charge in [-0.15, -0.1) is 0 Å². The Labute approximate surface area is 151 Å². The summed E-state index contributed by atoms with van der Waals surface area (Å²) in [6.07, 6.45) is 3.80. The maximum atomic E-state index is 12.3. The van der Waals surface area contributed by atoms with Gasteiger partial charge in [0.2, 0.25) is 10.0 Å². The van der Waals surface area contributed by atoms with Gasteiger partial charge in [0.05, 0.1) is 22.9 Å². The summed E-state index contributed by atoms with van der Waals surface area (Å²) < 4.78 is 31.8. The van der Waals surface area contributed by atoms with Crippen molar-refractivity contribution < 1.29 is 17.9 Å². The normalized spacial score (nSPS) is 15.5. The number of halogens is 2. The molecule has 134 valence electrons. The number of benzene rings is 1. The average molecular weight is 395 g/mol. The third-order valence-electron chi connectivity index (χ3n) is 3.85. The zero-order chi connectivity index (χ0) is 17.7. The maximum Gasteiger partial charge on any atom is 0.256 e. The van der Waals surface area contributed by atoms with Gasteiger partial charge in [0.25, 0.3) is 5.91 Å². The minimum absolute atomic E-state index is 0.00756. The Balaban J connectivity index is 1.95. The average Bonchev–Trinajstić information content (AvgIpc) is 3.00. The highest BCUT2D eigenvalue weighted by Crippen LogP contribution is 2.33.